The van der Waals surface area contributed by atoms with Gasteiger partial charge in [-0.1, -0.05) is 0 Å². The van der Waals surface area contributed by atoms with Gasteiger partial charge in [-0.2, -0.15) is 0 Å². The number of amides is 3. The number of esters is 1. The van der Waals surface area contributed by atoms with E-state index in [9.17, 15) is 19.2 Å². The fraction of sp³-hybridized carbons (Fsp3) is 0.474. The zero-order valence-electron chi connectivity index (χ0n) is 16.0. The molecule has 0 fully saturated rings. The number of imide groups is 1. The van der Waals surface area contributed by atoms with E-state index in [-0.39, 0.29) is 23.2 Å². The van der Waals surface area contributed by atoms with Gasteiger partial charge in [0.2, 0.25) is 0 Å². The van der Waals surface area contributed by atoms with Crippen molar-refractivity contribution in [3.8, 4) is 0 Å². The Labute approximate surface area is 157 Å². The summed E-state index contributed by atoms with van der Waals surface area (Å²) in [5.41, 5.74) is 0.0819. The molecular formula is C19H24N2O6. The number of hydrogen-bond donors (Lipinski definition) is 1. The molecule has 1 aromatic rings. The molecule has 2 rings (SSSR count). The lowest BCUT2D eigenvalue weighted by Crippen LogP contribution is -2.42. The van der Waals surface area contributed by atoms with E-state index >= 15 is 0 Å². The first-order valence-corrected chi connectivity index (χ1v) is 8.61. The fourth-order valence-corrected chi connectivity index (χ4v) is 2.66. The van der Waals surface area contributed by atoms with Crippen LogP contribution < -0.4 is 5.32 Å². The van der Waals surface area contributed by atoms with Crippen LogP contribution in [0.2, 0.25) is 0 Å². The van der Waals surface area contributed by atoms with Crippen molar-refractivity contribution in [1.29, 1.82) is 0 Å². The Morgan fingerprint density at radius 1 is 1.11 bits per heavy atom. The van der Waals surface area contributed by atoms with Crippen LogP contribution >= 0.6 is 0 Å². The summed E-state index contributed by atoms with van der Waals surface area (Å²) in [6.07, 6.45) is 0.528. The average Bonchev–Trinajstić information content (AvgIpc) is 2.82. The Hall–Kier alpha value is -2.74. The number of benzene rings is 1. The molecule has 1 aliphatic heterocycles. The third kappa shape index (κ3) is 5.13. The Bertz CT molecular complexity index is 766. The molecule has 146 valence electrons. The maximum Gasteiger partial charge on any atom is 0.338 e. The number of hydrogen-bond acceptors (Lipinski definition) is 6. The van der Waals surface area contributed by atoms with Crippen LogP contribution in [0.25, 0.3) is 0 Å². The van der Waals surface area contributed by atoms with E-state index in [1.54, 1.807) is 7.11 Å². The molecule has 0 saturated carbocycles. The predicted molar refractivity (Wildman–Crippen MR) is 96.5 cm³/mol. The van der Waals surface area contributed by atoms with Gasteiger partial charge in [0, 0.05) is 25.8 Å². The lowest BCUT2D eigenvalue weighted by molar-refractivity contribution is -0.125. The minimum atomic E-state index is -0.736. The van der Waals surface area contributed by atoms with Crippen molar-refractivity contribution in [2.24, 2.45) is 0 Å². The number of carbonyl (C=O) groups excluding carboxylic acids is 4. The summed E-state index contributed by atoms with van der Waals surface area (Å²) in [5, 5.41) is 2.68. The van der Waals surface area contributed by atoms with Crippen LogP contribution in [0, 0.1) is 0 Å². The topological polar surface area (TPSA) is 102 Å². The molecule has 0 aliphatic carbocycles. The number of carbonyl (C=O) groups is 4. The summed E-state index contributed by atoms with van der Waals surface area (Å²) in [7, 11) is 1.54. The normalized spacial score (nSPS) is 13.6. The van der Waals surface area contributed by atoms with E-state index in [1.807, 2.05) is 20.8 Å². The third-order valence-corrected chi connectivity index (χ3v) is 3.79. The number of methoxy groups -OCH3 is 1. The van der Waals surface area contributed by atoms with Crippen molar-refractivity contribution in [1.82, 2.24) is 10.2 Å². The molecule has 1 aromatic carbocycles. The molecule has 8 heteroatoms. The van der Waals surface area contributed by atoms with Gasteiger partial charge in [0.15, 0.2) is 6.61 Å². The number of ether oxygens (including phenoxy) is 2. The largest absolute Gasteiger partial charge is 0.452 e. The van der Waals surface area contributed by atoms with Crippen LogP contribution in [0.15, 0.2) is 18.2 Å². The first-order chi connectivity index (χ1) is 12.6. The van der Waals surface area contributed by atoms with E-state index in [0.717, 1.165) is 4.90 Å². The highest BCUT2D eigenvalue weighted by Crippen LogP contribution is 2.24. The van der Waals surface area contributed by atoms with Crippen molar-refractivity contribution >= 4 is 23.7 Å². The molecule has 0 unspecified atom stereocenters. The maximum atomic E-state index is 12.4. The smallest absolute Gasteiger partial charge is 0.338 e. The molecule has 1 heterocycles. The predicted octanol–water partition coefficient (Wildman–Crippen LogP) is 1.39. The second-order valence-electron chi connectivity index (χ2n) is 7.24. The molecule has 0 saturated heterocycles. The van der Waals surface area contributed by atoms with Gasteiger partial charge in [-0.05, 0) is 45.4 Å². The zero-order chi connectivity index (χ0) is 20.2. The molecule has 0 aromatic heterocycles. The van der Waals surface area contributed by atoms with Crippen molar-refractivity contribution < 1.29 is 28.7 Å². The van der Waals surface area contributed by atoms with Gasteiger partial charge in [-0.3, -0.25) is 19.3 Å². The standard InChI is InChI=1S/C19H24N2O6/c1-19(2,3)20-15(22)11-27-18(25)12-6-7-13-14(10-12)17(24)21(16(13)23)8-5-9-26-4/h6-7,10H,5,8-9,11H2,1-4H3,(H,20,22). The molecule has 27 heavy (non-hydrogen) atoms. The molecule has 0 atom stereocenters. The van der Waals surface area contributed by atoms with Gasteiger partial charge >= 0.3 is 5.97 Å². The van der Waals surface area contributed by atoms with Crippen molar-refractivity contribution in [3.63, 3.8) is 0 Å². The van der Waals surface area contributed by atoms with E-state index in [1.165, 1.54) is 18.2 Å². The minimum absolute atomic E-state index is 0.109. The Morgan fingerprint density at radius 2 is 1.78 bits per heavy atom. The lowest BCUT2D eigenvalue weighted by atomic mass is 10.1. The highest BCUT2D eigenvalue weighted by atomic mass is 16.5. The molecule has 1 aliphatic rings. The van der Waals surface area contributed by atoms with Crippen LogP contribution in [0.3, 0.4) is 0 Å². The van der Waals surface area contributed by atoms with Gasteiger partial charge in [-0.15, -0.1) is 0 Å². The Kier molecular flexibility index (Phi) is 6.32. The van der Waals surface area contributed by atoms with Crippen molar-refractivity contribution in [2.75, 3.05) is 26.9 Å². The summed E-state index contributed by atoms with van der Waals surface area (Å²) in [4.78, 5) is 49.8. The second-order valence-corrected chi connectivity index (χ2v) is 7.24. The van der Waals surface area contributed by atoms with Crippen LogP contribution in [-0.4, -0.2) is 61.0 Å². The summed E-state index contributed by atoms with van der Waals surface area (Å²) in [5.74, 6) is -2.01. The quantitative estimate of drug-likeness (QED) is 0.438. The van der Waals surface area contributed by atoms with E-state index in [0.29, 0.717) is 13.0 Å². The van der Waals surface area contributed by atoms with E-state index in [2.05, 4.69) is 5.32 Å². The average molecular weight is 376 g/mol. The minimum Gasteiger partial charge on any atom is -0.452 e. The second kappa shape index (κ2) is 8.30. The molecule has 3 amide bonds. The lowest BCUT2D eigenvalue weighted by Gasteiger charge is -2.20. The number of rotatable bonds is 7. The molecular weight excluding hydrogens is 352 g/mol. The van der Waals surface area contributed by atoms with Gasteiger partial charge in [0.25, 0.3) is 17.7 Å². The molecule has 1 N–H and O–H groups in total. The molecule has 0 radical (unpaired) electrons. The monoisotopic (exact) mass is 376 g/mol. The van der Waals surface area contributed by atoms with Crippen LogP contribution in [0.5, 0.6) is 0 Å². The Morgan fingerprint density at radius 3 is 2.41 bits per heavy atom. The molecule has 0 bridgehead atoms. The summed E-state index contributed by atoms with van der Waals surface area (Å²) >= 11 is 0. The van der Waals surface area contributed by atoms with Crippen LogP contribution in [-0.2, 0) is 14.3 Å². The fourth-order valence-electron chi connectivity index (χ4n) is 2.66. The maximum absolute atomic E-state index is 12.4. The number of nitrogens with zero attached hydrogens (tertiary/aromatic N) is 1. The van der Waals surface area contributed by atoms with Crippen molar-refractivity contribution in [3.05, 3.63) is 34.9 Å². The molecule has 0 spiro atoms. The number of nitrogens with one attached hydrogen (secondary N) is 1. The zero-order valence-corrected chi connectivity index (χ0v) is 16.0. The number of fused-ring (bicyclic) bond motifs is 1. The van der Waals surface area contributed by atoms with E-state index in [4.69, 9.17) is 9.47 Å². The van der Waals surface area contributed by atoms with Crippen LogP contribution in [0.1, 0.15) is 58.3 Å². The highest BCUT2D eigenvalue weighted by molar-refractivity contribution is 6.21. The third-order valence-electron chi connectivity index (χ3n) is 3.79. The van der Waals surface area contributed by atoms with Gasteiger partial charge < -0.3 is 14.8 Å². The van der Waals surface area contributed by atoms with Crippen LogP contribution in [0.4, 0.5) is 0 Å². The SMILES string of the molecule is COCCCN1C(=O)c2ccc(C(=O)OCC(=O)NC(C)(C)C)cc2C1=O. The van der Waals surface area contributed by atoms with Gasteiger partial charge in [-0.25, -0.2) is 4.79 Å². The van der Waals surface area contributed by atoms with Gasteiger partial charge in [0.05, 0.1) is 16.7 Å². The first kappa shape index (κ1) is 20.6. The summed E-state index contributed by atoms with van der Waals surface area (Å²) in [6.45, 7) is 5.69. The van der Waals surface area contributed by atoms with E-state index < -0.39 is 35.8 Å². The van der Waals surface area contributed by atoms with Gasteiger partial charge in [0.1, 0.15) is 0 Å². The summed E-state index contributed by atoms with van der Waals surface area (Å²) in [6, 6.07) is 4.17. The Balaban J connectivity index is 2.04. The summed E-state index contributed by atoms with van der Waals surface area (Å²) < 4.78 is 9.92. The highest BCUT2D eigenvalue weighted by Gasteiger charge is 2.35. The first-order valence-electron chi connectivity index (χ1n) is 8.61. The van der Waals surface area contributed by atoms with Crippen molar-refractivity contribution in [2.45, 2.75) is 32.7 Å². The molecule has 8 nitrogen and oxygen atoms in total.